The summed E-state index contributed by atoms with van der Waals surface area (Å²) in [6, 6.07) is 8.99. The van der Waals surface area contributed by atoms with Gasteiger partial charge in [-0.3, -0.25) is 0 Å². The second-order valence-electron chi connectivity index (χ2n) is 7.21. The summed E-state index contributed by atoms with van der Waals surface area (Å²) in [7, 11) is 0. The average molecular weight is 355 g/mol. The molecule has 0 unspecified atom stereocenters. The molecule has 2 nitrogen and oxygen atoms in total. The van der Waals surface area contributed by atoms with E-state index < -0.39 is 0 Å². The van der Waals surface area contributed by atoms with Crippen molar-refractivity contribution in [1.29, 1.82) is 0 Å². The lowest BCUT2D eigenvalue weighted by molar-refractivity contribution is 0.308. The molecule has 0 N–H and O–H groups in total. The van der Waals surface area contributed by atoms with Gasteiger partial charge in [-0.05, 0) is 62.3 Å². The Morgan fingerprint density at radius 2 is 1.15 bits per heavy atom. The maximum atomic E-state index is 6.18. The molecule has 0 heterocycles. The van der Waals surface area contributed by atoms with E-state index in [1.807, 2.05) is 0 Å². The lowest BCUT2D eigenvalue weighted by atomic mass is 9.95. The van der Waals surface area contributed by atoms with Gasteiger partial charge in [0.25, 0.3) is 0 Å². The normalized spacial score (nSPS) is 10.8. The minimum absolute atomic E-state index is 0.754. The Hall–Kier alpha value is -1.96. The standard InChI is InChI=1S/C24H34O2/c1-7-10-25-23-19(6)12-17(4)14-21(23)16-22-15-18(5)13-20(9-3)24(22)26-11-8-2/h12-15H,7-11,16H2,1-6H3. The molecule has 2 aromatic carbocycles. The third kappa shape index (κ3) is 5.03. The number of ether oxygens (including phenoxy) is 2. The molecule has 0 amide bonds. The van der Waals surface area contributed by atoms with Crippen LogP contribution in [-0.4, -0.2) is 13.2 Å². The molecule has 142 valence electrons. The predicted molar refractivity (Wildman–Crippen MR) is 111 cm³/mol. The molecule has 0 radical (unpaired) electrons. The largest absolute Gasteiger partial charge is 0.493 e. The van der Waals surface area contributed by atoms with Crippen molar-refractivity contribution < 1.29 is 9.47 Å². The Morgan fingerprint density at radius 1 is 0.654 bits per heavy atom. The van der Waals surface area contributed by atoms with E-state index in [0.717, 1.165) is 50.4 Å². The Kier molecular flexibility index (Phi) is 7.56. The predicted octanol–water partition coefficient (Wildman–Crippen LogP) is 6.34. The quantitative estimate of drug-likeness (QED) is 0.523. The molecular formula is C24H34O2. The first kappa shape index (κ1) is 20.4. The number of benzene rings is 2. The van der Waals surface area contributed by atoms with Crippen LogP contribution in [0.4, 0.5) is 0 Å². The summed E-state index contributed by atoms with van der Waals surface area (Å²) in [5, 5.41) is 0. The first-order valence-corrected chi connectivity index (χ1v) is 9.98. The summed E-state index contributed by atoms with van der Waals surface area (Å²) < 4.78 is 12.3. The van der Waals surface area contributed by atoms with E-state index >= 15 is 0 Å². The zero-order chi connectivity index (χ0) is 19.1. The van der Waals surface area contributed by atoms with E-state index in [9.17, 15) is 0 Å². The van der Waals surface area contributed by atoms with Gasteiger partial charge in [0.1, 0.15) is 11.5 Å². The molecule has 0 aliphatic carbocycles. The third-order valence-corrected chi connectivity index (χ3v) is 4.55. The van der Waals surface area contributed by atoms with Gasteiger partial charge in [-0.25, -0.2) is 0 Å². The SMILES string of the molecule is CCCOc1c(C)cc(C)cc1Cc1cc(C)cc(CC)c1OCCC. The second-order valence-corrected chi connectivity index (χ2v) is 7.21. The summed E-state index contributed by atoms with van der Waals surface area (Å²) in [6.07, 6.45) is 3.86. The fraction of sp³-hybridized carbons (Fsp3) is 0.500. The van der Waals surface area contributed by atoms with Crippen LogP contribution in [0.1, 0.15) is 67.0 Å². The van der Waals surface area contributed by atoms with Crippen LogP contribution in [0, 0.1) is 20.8 Å². The number of rotatable bonds is 9. The maximum absolute atomic E-state index is 6.18. The molecule has 0 spiro atoms. The Bertz CT molecular complexity index is 731. The van der Waals surface area contributed by atoms with Crippen molar-refractivity contribution in [2.75, 3.05) is 13.2 Å². The lowest BCUT2D eigenvalue weighted by Crippen LogP contribution is -2.06. The molecule has 0 aliphatic rings. The molecule has 0 bridgehead atoms. The van der Waals surface area contributed by atoms with Crippen molar-refractivity contribution in [1.82, 2.24) is 0 Å². The zero-order valence-corrected chi connectivity index (χ0v) is 17.4. The Labute approximate surface area is 159 Å². The molecule has 0 aliphatic heterocycles. The van der Waals surface area contributed by atoms with Crippen molar-refractivity contribution in [2.24, 2.45) is 0 Å². The molecule has 2 rings (SSSR count). The fourth-order valence-corrected chi connectivity index (χ4v) is 3.50. The van der Waals surface area contributed by atoms with Gasteiger partial charge in [0, 0.05) is 6.42 Å². The van der Waals surface area contributed by atoms with E-state index in [1.165, 1.54) is 33.4 Å². The molecule has 2 aromatic rings. The molecule has 0 aromatic heterocycles. The van der Waals surface area contributed by atoms with Gasteiger partial charge >= 0.3 is 0 Å². The van der Waals surface area contributed by atoms with Crippen LogP contribution in [0.5, 0.6) is 11.5 Å². The summed E-state index contributed by atoms with van der Waals surface area (Å²) in [5.74, 6) is 2.11. The van der Waals surface area contributed by atoms with Gasteiger partial charge in [0.15, 0.2) is 0 Å². The van der Waals surface area contributed by atoms with Gasteiger partial charge in [-0.15, -0.1) is 0 Å². The molecule has 0 saturated carbocycles. The van der Waals surface area contributed by atoms with Gasteiger partial charge in [0.05, 0.1) is 13.2 Å². The molecule has 2 heteroatoms. The number of aryl methyl sites for hydroxylation is 4. The van der Waals surface area contributed by atoms with Gasteiger partial charge < -0.3 is 9.47 Å². The van der Waals surface area contributed by atoms with Crippen LogP contribution in [0.25, 0.3) is 0 Å². The molecule has 0 fully saturated rings. The van der Waals surface area contributed by atoms with Crippen molar-refractivity contribution in [3.63, 3.8) is 0 Å². The highest BCUT2D eigenvalue weighted by molar-refractivity contribution is 5.51. The first-order valence-electron chi connectivity index (χ1n) is 9.98. The minimum Gasteiger partial charge on any atom is -0.493 e. The molecule has 26 heavy (non-hydrogen) atoms. The maximum Gasteiger partial charge on any atom is 0.126 e. The van der Waals surface area contributed by atoms with Gasteiger partial charge in [-0.2, -0.15) is 0 Å². The van der Waals surface area contributed by atoms with Crippen LogP contribution in [-0.2, 0) is 12.8 Å². The third-order valence-electron chi connectivity index (χ3n) is 4.55. The van der Waals surface area contributed by atoms with Crippen LogP contribution in [0.3, 0.4) is 0 Å². The highest BCUT2D eigenvalue weighted by Crippen LogP contribution is 2.33. The molecule has 0 atom stereocenters. The number of hydrogen-bond donors (Lipinski definition) is 0. The van der Waals surface area contributed by atoms with Crippen molar-refractivity contribution >= 4 is 0 Å². The molecule has 0 saturated heterocycles. The first-order chi connectivity index (χ1) is 12.5. The van der Waals surface area contributed by atoms with E-state index in [0.29, 0.717) is 0 Å². The van der Waals surface area contributed by atoms with E-state index in [-0.39, 0.29) is 0 Å². The van der Waals surface area contributed by atoms with E-state index in [1.54, 1.807) is 0 Å². The summed E-state index contributed by atoms with van der Waals surface area (Å²) >= 11 is 0. The fourth-order valence-electron chi connectivity index (χ4n) is 3.50. The number of hydrogen-bond acceptors (Lipinski definition) is 2. The van der Waals surface area contributed by atoms with Crippen LogP contribution < -0.4 is 9.47 Å². The topological polar surface area (TPSA) is 18.5 Å². The van der Waals surface area contributed by atoms with Gasteiger partial charge in [-0.1, -0.05) is 56.2 Å². The van der Waals surface area contributed by atoms with Gasteiger partial charge in [0.2, 0.25) is 0 Å². The molecular weight excluding hydrogens is 320 g/mol. The van der Waals surface area contributed by atoms with Crippen molar-refractivity contribution in [3.8, 4) is 11.5 Å². The summed E-state index contributed by atoms with van der Waals surface area (Å²) in [5.41, 5.74) is 7.61. The Balaban J connectivity index is 2.48. The van der Waals surface area contributed by atoms with E-state index in [4.69, 9.17) is 9.47 Å². The summed E-state index contributed by atoms with van der Waals surface area (Å²) in [4.78, 5) is 0. The van der Waals surface area contributed by atoms with Crippen LogP contribution in [0.15, 0.2) is 24.3 Å². The highest BCUT2D eigenvalue weighted by Gasteiger charge is 2.15. The van der Waals surface area contributed by atoms with Crippen molar-refractivity contribution in [2.45, 2.75) is 67.2 Å². The van der Waals surface area contributed by atoms with Crippen LogP contribution in [0.2, 0.25) is 0 Å². The van der Waals surface area contributed by atoms with Crippen molar-refractivity contribution in [3.05, 3.63) is 57.6 Å². The minimum atomic E-state index is 0.754. The zero-order valence-electron chi connectivity index (χ0n) is 17.4. The Morgan fingerprint density at radius 3 is 1.73 bits per heavy atom. The van der Waals surface area contributed by atoms with Crippen LogP contribution >= 0.6 is 0 Å². The monoisotopic (exact) mass is 354 g/mol. The highest BCUT2D eigenvalue weighted by atomic mass is 16.5. The lowest BCUT2D eigenvalue weighted by Gasteiger charge is -2.19. The van der Waals surface area contributed by atoms with E-state index in [2.05, 4.69) is 65.8 Å². The average Bonchev–Trinajstić information content (AvgIpc) is 2.59. The second kappa shape index (κ2) is 9.66. The summed E-state index contributed by atoms with van der Waals surface area (Å²) in [6.45, 7) is 14.5. The smallest absolute Gasteiger partial charge is 0.126 e.